The smallest absolute Gasteiger partial charge is 0.253 e. The summed E-state index contributed by atoms with van der Waals surface area (Å²) in [5.41, 5.74) is 8.36. The van der Waals surface area contributed by atoms with E-state index in [9.17, 15) is 9.59 Å². The van der Waals surface area contributed by atoms with Crippen LogP contribution >= 0.6 is 0 Å². The molecule has 1 unspecified atom stereocenters. The number of aryl methyl sites for hydroxylation is 2. The second-order valence-electron chi connectivity index (χ2n) is 6.48. The monoisotopic (exact) mass is 338 g/mol. The van der Waals surface area contributed by atoms with Gasteiger partial charge in [0.15, 0.2) is 0 Å². The summed E-state index contributed by atoms with van der Waals surface area (Å²) in [6.07, 6.45) is 0.994. The number of carbonyl (C=O) groups is 2. The number of aromatic nitrogens is 2. The highest BCUT2D eigenvalue weighted by Crippen LogP contribution is 2.27. The maximum absolute atomic E-state index is 12.6. The number of benzene rings is 1. The fourth-order valence-electron chi connectivity index (χ4n) is 3.30. The summed E-state index contributed by atoms with van der Waals surface area (Å²) < 4.78 is 0. The largest absolute Gasteiger partial charge is 0.369 e. The number of hydrogen-bond acceptors (Lipinski definition) is 4. The van der Waals surface area contributed by atoms with Crippen molar-refractivity contribution in [1.82, 2.24) is 14.9 Å². The quantitative estimate of drug-likeness (QED) is 0.920. The van der Waals surface area contributed by atoms with Gasteiger partial charge in [0, 0.05) is 41.5 Å². The number of nitrogens with two attached hydrogens (primary N) is 1. The van der Waals surface area contributed by atoms with Crippen LogP contribution in [0, 0.1) is 13.8 Å². The van der Waals surface area contributed by atoms with Crippen molar-refractivity contribution in [3.05, 3.63) is 58.7 Å². The molecule has 2 N–H and O–H groups in total. The van der Waals surface area contributed by atoms with Gasteiger partial charge in [-0.3, -0.25) is 9.59 Å². The van der Waals surface area contributed by atoms with E-state index in [1.807, 2.05) is 49.1 Å². The summed E-state index contributed by atoms with van der Waals surface area (Å²) in [6.45, 7) is 5.06. The van der Waals surface area contributed by atoms with Crippen LogP contribution < -0.4 is 5.73 Å². The molecule has 1 atom stereocenters. The third-order valence-electron chi connectivity index (χ3n) is 4.65. The molecule has 6 nitrogen and oxygen atoms in total. The molecule has 3 rings (SSSR count). The molecule has 1 saturated heterocycles. The zero-order valence-corrected chi connectivity index (χ0v) is 14.5. The molecule has 1 aliphatic rings. The first-order chi connectivity index (χ1) is 12.0. The number of amides is 2. The Bertz CT molecular complexity index is 781. The minimum Gasteiger partial charge on any atom is -0.369 e. The Morgan fingerprint density at radius 3 is 2.40 bits per heavy atom. The molecule has 1 aliphatic heterocycles. The fourth-order valence-corrected chi connectivity index (χ4v) is 3.30. The van der Waals surface area contributed by atoms with Gasteiger partial charge >= 0.3 is 0 Å². The highest BCUT2D eigenvalue weighted by Gasteiger charge is 2.30. The molecule has 0 spiro atoms. The molecule has 0 aliphatic carbocycles. The summed E-state index contributed by atoms with van der Waals surface area (Å²) in [7, 11) is 0. The van der Waals surface area contributed by atoms with Crippen molar-refractivity contribution in [2.24, 2.45) is 5.73 Å². The normalized spacial score (nSPS) is 16.9. The molecule has 0 bridgehead atoms. The van der Waals surface area contributed by atoms with Gasteiger partial charge in [-0.05, 0) is 32.4 Å². The average molecular weight is 338 g/mol. The summed E-state index contributed by atoms with van der Waals surface area (Å²) >= 11 is 0. The van der Waals surface area contributed by atoms with Crippen molar-refractivity contribution in [2.75, 3.05) is 13.1 Å². The predicted octanol–water partition coefficient (Wildman–Crippen LogP) is 1.75. The lowest BCUT2D eigenvalue weighted by Crippen LogP contribution is -2.28. The highest BCUT2D eigenvalue weighted by molar-refractivity contribution is 5.94. The fraction of sp³-hybridized carbons (Fsp3) is 0.368. The summed E-state index contributed by atoms with van der Waals surface area (Å²) in [5, 5.41) is 0. The van der Waals surface area contributed by atoms with Crippen LogP contribution in [0.1, 0.15) is 45.5 Å². The van der Waals surface area contributed by atoms with E-state index in [0.717, 1.165) is 29.2 Å². The number of rotatable bonds is 4. The van der Waals surface area contributed by atoms with Gasteiger partial charge in [-0.1, -0.05) is 18.2 Å². The maximum atomic E-state index is 12.6. The Labute approximate surface area is 147 Å². The molecule has 2 heterocycles. The second kappa shape index (κ2) is 7.01. The summed E-state index contributed by atoms with van der Waals surface area (Å²) in [5.74, 6) is 0.518. The van der Waals surface area contributed by atoms with Crippen LogP contribution in [0.25, 0.3) is 0 Å². The van der Waals surface area contributed by atoms with E-state index in [0.29, 0.717) is 18.7 Å². The Morgan fingerprint density at radius 1 is 1.16 bits per heavy atom. The van der Waals surface area contributed by atoms with Gasteiger partial charge in [-0.15, -0.1) is 0 Å². The zero-order chi connectivity index (χ0) is 18.0. The van der Waals surface area contributed by atoms with Gasteiger partial charge in [-0.25, -0.2) is 9.97 Å². The van der Waals surface area contributed by atoms with E-state index >= 15 is 0 Å². The first-order valence-corrected chi connectivity index (χ1v) is 8.42. The Balaban J connectivity index is 1.76. The SMILES string of the molecule is Cc1nc(C2CCN(C(=O)c3ccccc3)C2)nc(C)c1CC(N)=O. The molecular weight excluding hydrogens is 316 g/mol. The minimum absolute atomic E-state index is 0.0434. The van der Waals surface area contributed by atoms with Gasteiger partial charge in [0.25, 0.3) is 5.91 Å². The molecule has 1 aromatic heterocycles. The van der Waals surface area contributed by atoms with Crippen LogP contribution in [0.2, 0.25) is 0 Å². The molecule has 2 amide bonds. The van der Waals surface area contributed by atoms with E-state index in [2.05, 4.69) is 9.97 Å². The highest BCUT2D eigenvalue weighted by atomic mass is 16.2. The molecule has 6 heteroatoms. The maximum Gasteiger partial charge on any atom is 0.253 e. The number of hydrogen-bond donors (Lipinski definition) is 1. The van der Waals surface area contributed by atoms with E-state index in [1.54, 1.807) is 0 Å². The lowest BCUT2D eigenvalue weighted by Gasteiger charge is -2.17. The van der Waals surface area contributed by atoms with E-state index in [4.69, 9.17) is 5.73 Å². The molecule has 2 aromatic rings. The van der Waals surface area contributed by atoms with E-state index in [1.165, 1.54) is 0 Å². The minimum atomic E-state index is -0.386. The Hall–Kier alpha value is -2.76. The number of nitrogens with zero attached hydrogens (tertiary/aromatic N) is 3. The van der Waals surface area contributed by atoms with E-state index in [-0.39, 0.29) is 24.2 Å². The molecule has 1 fully saturated rings. The summed E-state index contributed by atoms with van der Waals surface area (Å²) in [6, 6.07) is 9.30. The van der Waals surface area contributed by atoms with Gasteiger partial charge < -0.3 is 10.6 Å². The third-order valence-corrected chi connectivity index (χ3v) is 4.65. The lowest BCUT2D eigenvalue weighted by atomic mass is 10.0. The average Bonchev–Trinajstić information content (AvgIpc) is 3.08. The van der Waals surface area contributed by atoms with Crippen LogP contribution in [0.4, 0.5) is 0 Å². The van der Waals surface area contributed by atoms with Crippen LogP contribution in [0.5, 0.6) is 0 Å². The Morgan fingerprint density at radius 2 is 1.80 bits per heavy atom. The van der Waals surface area contributed by atoms with Crippen LogP contribution in [-0.4, -0.2) is 39.8 Å². The van der Waals surface area contributed by atoms with Gasteiger partial charge in [0.05, 0.1) is 6.42 Å². The third kappa shape index (κ3) is 3.68. The number of likely N-dealkylation sites (tertiary alicyclic amines) is 1. The van der Waals surface area contributed by atoms with Crippen molar-refractivity contribution in [1.29, 1.82) is 0 Å². The van der Waals surface area contributed by atoms with Crippen molar-refractivity contribution < 1.29 is 9.59 Å². The van der Waals surface area contributed by atoms with E-state index < -0.39 is 0 Å². The first kappa shape index (κ1) is 17.1. The van der Waals surface area contributed by atoms with Gasteiger partial charge in [-0.2, -0.15) is 0 Å². The molecular formula is C19H22N4O2. The van der Waals surface area contributed by atoms with Crippen LogP contribution in [0.3, 0.4) is 0 Å². The zero-order valence-electron chi connectivity index (χ0n) is 14.5. The summed E-state index contributed by atoms with van der Waals surface area (Å²) in [4.78, 5) is 34.8. The topological polar surface area (TPSA) is 89.2 Å². The molecule has 25 heavy (non-hydrogen) atoms. The van der Waals surface area contributed by atoms with Crippen molar-refractivity contribution in [3.63, 3.8) is 0 Å². The predicted molar refractivity (Wildman–Crippen MR) is 94.1 cm³/mol. The van der Waals surface area contributed by atoms with Crippen LogP contribution in [-0.2, 0) is 11.2 Å². The first-order valence-electron chi connectivity index (χ1n) is 8.42. The van der Waals surface area contributed by atoms with Crippen LogP contribution in [0.15, 0.2) is 30.3 Å². The molecule has 0 saturated carbocycles. The van der Waals surface area contributed by atoms with Crippen molar-refractivity contribution >= 4 is 11.8 Å². The second-order valence-corrected chi connectivity index (χ2v) is 6.48. The number of primary amides is 1. The van der Waals surface area contributed by atoms with Crippen molar-refractivity contribution in [3.8, 4) is 0 Å². The molecule has 1 aromatic carbocycles. The molecule has 130 valence electrons. The Kier molecular flexibility index (Phi) is 4.79. The standard InChI is InChI=1S/C19H22N4O2/c1-12-16(10-17(20)24)13(2)22-18(21-12)15-8-9-23(11-15)19(25)14-6-4-3-5-7-14/h3-7,15H,8-11H2,1-2H3,(H2,20,24). The lowest BCUT2D eigenvalue weighted by molar-refractivity contribution is -0.117. The molecule has 0 radical (unpaired) electrons. The number of carbonyl (C=O) groups excluding carboxylic acids is 2. The van der Waals surface area contributed by atoms with Gasteiger partial charge in [0.1, 0.15) is 5.82 Å². The van der Waals surface area contributed by atoms with Gasteiger partial charge in [0.2, 0.25) is 5.91 Å². The van der Waals surface area contributed by atoms with Crippen molar-refractivity contribution in [2.45, 2.75) is 32.6 Å².